The minimum atomic E-state index is -2.99. The van der Waals surface area contributed by atoms with Crippen molar-refractivity contribution in [3.63, 3.8) is 0 Å². The van der Waals surface area contributed by atoms with Gasteiger partial charge in [0.25, 0.3) is 0 Å². The van der Waals surface area contributed by atoms with Crippen molar-refractivity contribution in [2.45, 2.75) is 17.7 Å². The van der Waals surface area contributed by atoms with E-state index >= 15 is 0 Å². The van der Waals surface area contributed by atoms with Crippen LogP contribution >= 0.6 is 0 Å². The fourth-order valence-corrected chi connectivity index (χ4v) is 5.91. The average molecular weight is 296 g/mol. The van der Waals surface area contributed by atoms with Crippen LogP contribution in [0.5, 0.6) is 0 Å². The van der Waals surface area contributed by atoms with Gasteiger partial charge in [-0.1, -0.05) is 6.07 Å². The van der Waals surface area contributed by atoms with Gasteiger partial charge >= 0.3 is 0 Å². The van der Waals surface area contributed by atoms with E-state index in [1.165, 1.54) is 0 Å². The Morgan fingerprint density at radius 1 is 1.45 bits per heavy atom. The largest absolute Gasteiger partial charge is 0.384 e. The second-order valence-electron chi connectivity index (χ2n) is 5.79. The third kappa shape index (κ3) is 2.16. The molecule has 0 radical (unpaired) electrons. The highest BCUT2D eigenvalue weighted by atomic mass is 32.2. The van der Waals surface area contributed by atoms with Crippen LogP contribution in [0.3, 0.4) is 0 Å². The molecule has 0 aromatic carbocycles. The van der Waals surface area contributed by atoms with Gasteiger partial charge in [-0.05, 0) is 18.6 Å². The molecule has 6 heteroatoms. The average Bonchev–Trinajstić information content (AvgIpc) is 2.64. The first-order chi connectivity index (χ1) is 9.57. The fraction of sp³-hybridized carbons (Fsp3) is 0.643. The van der Waals surface area contributed by atoms with E-state index in [0.29, 0.717) is 25.4 Å². The molecule has 110 valence electrons. The molecule has 1 aromatic rings. The molecule has 0 unspecified atom stereocenters. The van der Waals surface area contributed by atoms with Gasteiger partial charge in [0.15, 0.2) is 9.84 Å². The van der Waals surface area contributed by atoms with Crippen LogP contribution < -0.4 is 0 Å². The molecule has 0 bridgehead atoms. The Labute approximate surface area is 119 Å². The van der Waals surface area contributed by atoms with Crippen molar-refractivity contribution < 1.29 is 13.2 Å². The Morgan fingerprint density at radius 3 is 2.90 bits per heavy atom. The normalized spacial score (nSPS) is 27.6. The number of methoxy groups -OCH3 is 1. The minimum absolute atomic E-state index is 0.137. The molecular weight excluding hydrogens is 276 g/mol. The molecule has 2 aliphatic heterocycles. The molecule has 0 saturated carbocycles. The summed E-state index contributed by atoms with van der Waals surface area (Å²) in [5.41, 5.74) is 0.987. The van der Waals surface area contributed by atoms with Gasteiger partial charge in [0.05, 0.1) is 18.1 Å². The summed E-state index contributed by atoms with van der Waals surface area (Å²) in [6.45, 7) is 2.48. The van der Waals surface area contributed by atoms with Crippen molar-refractivity contribution in [2.24, 2.45) is 5.92 Å². The summed E-state index contributed by atoms with van der Waals surface area (Å²) in [5, 5.41) is 0. The lowest BCUT2D eigenvalue weighted by atomic mass is 9.83. The maximum Gasteiger partial charge on any atom is 0.158 e. The zero-order valence-corrected chi connectivity index (χ0v) is 12.5. The molecule has 3 rings (SSSR count). The van der Waals surface area contributed by atoms with Crippen molar-refractivity contribution in [2.75, 3.05) is 32.6 Å². The second-order valence-corrected chi connectivity index (χ2v) is 8.24. The van der Waals surface area contributed by atoms with E-state index < -0.39 is 14.6 Å². The summed E-state index contributed by atoms with van der Waals surface area (Å²) >= 11 is 0. The lowest BCUT2D eigenvalue weighted by molar-refractivity contribution is 0.0404. The van der Waals surface area contributed by atoms with Crippen molar-refractivity contribution in [3.05, 3.63) is 30.1 Å². The number of nitrogens with zero attached hydrogens (tertiary/aromatic N) is 2. The number of hydrogen-bond donors (Lipinski definition) is 0. The summed E-state index contributed by atoms with van der Waals surface area (Å²) in [6.07, 6.45) is 2.50. The molecule has 1 atom stereocenters. The number of hydrogen-bond acceptors (Lipinski definition) is 5. The number of likely N-dealkylation sites (tertiary alicyclic amines) is 1. The van der Waals surface area contributed by atoms with Gasteiger partial charge in [-0.15, -0.1) is 0 Å². The standard InChI is InChI=1S/C14H20N2O3S/c1-19-9-12-5-7-20(17,18)14(12)10-16(11-14)8-13-4-2-3-6-15-13/h2-4,6,12H,5,7-11H2,1H3/t12-/m1/s1. The van der Waals surface area contributed by atoms with Crippen LogP contribution in [-0.2, 0) is 21.1 Å². The second kappa shape index (κ2) is 5.09. The van der Waals surface area contributed by atoms with Crippen LogP contribution in [-0.4, -0.2) is 55.6 Å². The highest BCUT2D eigenvalue weighted by Gasteiger charge is 2.61. The zero-order chi connectivity index (χ0) is 14.2. The number of ether oxygens (including phenoxy) is 1. The SMILES string of the molecule is COC[C@H]1CCS(=O)(=O)C12CN(Cc1ccccn1)C2. The Hall–Kier alpha value is -0.980. The van der Waals surface area contributed by atoms with Gasteiger partial charge < -0.3 is 4.74 Å². The Morgan fingerprint density at radius 2 is 2.25 bits per heavy atom. The third-order valence-electron chi connectivity index (χ3n) is 4.56. The van der Waals surface area contributed by atoms with Gasteiger partial charge in [0, 0.05) is 38.9 Å². The lowest BCUT2D eigenvalue weighted by Crippen LogP contribution is -2.67. The molecule has 0 aliphatic carbocycles. The Bertz CT molecular complexity index is 567. The lowest BCUT2D eigenvalue weighted by Gasteiger charge is -2.49. The summed E-state index contributed by atoms with van der Waals surface area (Å²) < 4.78 is 29.3. The molecule has 20 heavy (non-hydrogen) atoms. The van der Waals surface area contributed by atoms with E-state index in [1.807, 2.05) is 18.2 Å². The quantitative estimate of drug-likeness (QED) is 0.819. The molecule has 0 amide bonds. The molecule has 5 nitrogen and oxygen atoms in total. The number of sulfone groups is 1. The van der Waals surface area contributed by atoms with E-state index in [4.69, 9.17) is 4.74 Å². The third-order valence-corrected chi connectivity index (χ3v) is 7.16. The smallest absolute Gasteiger partial charge is 0.158 e. The number of aromatic nitrogens is 1. The fourth-order valence-electron chi connectivity index (χ4n) is 3.45. The number of rotatable bonds is 4. The van der Waals surface area contributed by atoms with Crippen LogP contribution in [0.25, 0.3) is 0 Å². The molecule has 3 heterocycles. The maximum atomic E-state index is 12.4. The van der Waals surface area contributed by atoms with Crippen LogP contribution in [0.1, 0.15) is 12.1 Å². The first kappa shape index (κ1) is 14.0. The van der Waals surface area contributed by atoms with Crippen molar-refractivity contribution in [1.29, 1.82) is 0 Å². The van der Waals surface area contributed by atoms with E-state index in [-0.39, 0.29) is 5.92 Å². The first-order valence-corrected chi connectivity index (χ1v) is 8.56. The molecule has 2 aliphatic rings. The Balaban J connectivity index is 1.70. The van der Waals surface area contributed by atoms with Gasteiger partial charge in [-0.3, -0.25) is 9.88 Å². The summed E-state index contributed by atoms with van der Waals surface area (Å²) in [7, 11) is -1.35. The van der Waals surface area contributed by atoms with E-state index in [0.717, 1.165) is 18.7 Å². The van der Waals surface area contributed by atoms with Crippen LogP contribution in [0.4, 0.5) is 0 Å². The van der Waals surface area contributed by atoms with Crippen LogP contribution in [0.2, 0.25) is 0 Å². The van der Waals surface area contributed by atoms with Crippen molar-refractivity contribution in [3.8, 4) is 0 Å². The monoisotopic (exact) mass is 296 g/mol. The van der Waals surface area contributed by atoms with Crippen LogP contribution in [0.15, 0.2) is 24.4 Å². The van der Waals surface area contributed by atoms with Gasteiger partial charge in [0.2, 0.25) is 0 Å². The molecule has 2 fully saturated rings. The molecule has 2 saturated heterocycles. The highest BCUT2D eigenvalue weighted by molar-refractivity contribution is 7.93. The van der Waals surface area contributed by atoms with Crippen LogP contribution in [0, 0.1) is 5.92 Å². The highest BCUT2D eigenvalue weighted by Crippen LogP contribution is 2.45. The molecule has 0 N–H and O–H groups in total. The topological polar surface area (TPSA) is 59.5 Å². The zero-order valence-electron chi connectivity index (χ0n) is 11.7. The predicted octanol–water partition coefficient (Wildman–Crippen LogP) is 0.717. The summed E-state index contributed by atoms with van der Waals surface area (Å²) in [6, 6.07) is 5.82. The molecular formula is C14H20N2O3S. The van der Waals surface area contributed by atoms with E-state index in [2.05, 4.69) is 9.88 Å². The minimum Gasteiger partial charge on any atom is -0.384 e. The van der Waals surface area contributed by atoms with Gasteiger partial charge in [0.1, 0.15) is 4.75 Å². The first-order valence-electron chi connectivity index (χ1n) is 6.91. The van der Waals surface area contributed by atoms with E-state index in [1.54, 1.807) is 13.3 Å². The Kier molecular flexibility index (Phi) is 3.56. The summed E-state index contributed by atoms with van der Waals surface area (Å²) in [4.78, 5) is 6.45. The predicted molar refractivity (Wildman–Crippen MR) is 76.0 cm³/mol. The summed E-state index contributed by atoms with van der Waals surface area (Å²) in [5.74, 6) is 0.441. The maximum absolute atomic E-state index is 12.4. The van der Waals surface area contributed by atoms with E-state index in [9.17, 15) is 8.42 Å². The van der Waals surface area contributed by atoms with Crippen molar-refractivity contribution >= 4 is 9.84 Å². The van der Waals surface area contributed by atoms with Crippen molar-refractivity contribution in [1.82, 2.24) is 9.88 Å². The van der Waals surface area contributed by atoms with Gasteiger partial charge in [-0.2, -0.15) is 0 Å². The number of pyridine rings is 1. The molecule has 1 spiro atoms. The molecule has 1 aromatic heterocycles. The van der Waals surface area contributed by atoms with Gasteiger partial charge in [-0.25, -0.2) is 8.42 Å².